The van der Waals surface area contributed by atoms with E-state index >= 15 is 0 Å². The van der Waals surface area contributed by atoms with E-state index in [0.717, 1.165) is 16.5 Å². The van der Waals surface area contributed by atoms with Crippen molar-refractivity contribution in [2.24, 2.45) is 0 Å². The van der Waals surface area contributed by atoms with Crippen LogP contribution in [0.2, 0.25) is 0 Å². The van der Waals surface area contributed by atoms with Crippen LogP contribution in [0.25, 0.3) is 17.0 Å². The third-order valence-electron chi connectivity index (χ3n) is 2.82. The van der Waals surface area contributed by atoms with Gasteiger partial charge >= 0.3 is 0 Å². The number of nitriles is 3. The van der Waals surface area contributed by atoms with E-state index in [9.17, 15) is 0 Å². The summed E-state index contributed by atoms with van der Waals surface area (Å²) in [6.07, 6.45) is 3.87. The molecular weight excluding hydrogens is 236 g/mol. The van der Waals surface area contributed by atoms with Gasteiger partial charge in [0.05, 0.1) is 12.5 Å². The van der Waals surface area contributed by atoms with E-state index in [1.165, 1.54) is 0 Å². The number of hydrogen-bond acceptors (Lipinski definition) is 3. The van der Waals surface area contributed by atoms with Crippen LogP contribution in [-0.2, 0) is 6.54 Å². The number of aryl methyl sites for hydroxylation is 1. The first-order valence-corrected chi connectivity index (χ1v) is 5.77. The van der Waals surface area contributed by atoms with Crippen LogP contribution in [0.3, 0.4) is 0 Å². The second-order valence-corrected chi connectivity index (χ2v) is 3.98. The van der Waals surface area contributed by atoms with Gasteiger partial charge in [-0.15, -0.1) is 0 Å². The summed E-state index contributed by atoms with van der Waals surface area (Å²) in [6, 6.07) is 13.6. The Labute approximate surface area is 111 Å². The fourth-order valence-electron chi connectivity index (χ4n) is 1.99. The minimum atomic E-state index is 0.0724. The minimum Gasteiger partial charge on any atom is -0.346 e. The molecule has 0 unspecified atom stereocenters. The largest absolute Gasteiger partial charge is 0.346 e. The van der Waals surface area contributed by atoms with Gasteiger partial charge in [-0.3, -0.25) is 0 Å². The SMILES string of the molecule is N#CCCn1cc(C=C(C#N)C#N)c2ccccc21. The topological polar surface area (TPSA) is 76.3 Å². The second-order valence-electron chi connectivity index (χ2n) is 3.98. The molecule has 0 radical (unpaired) electrons. The maximum absolute atomic E-state index is 8.82. The minimum absolute atomic E-state index is 0.0724. The van der Waals surface area contributed by atoms with Crippen molar-refractivity contribution >= 4 is 17.0 Å². The number of allylic oxidation sites excluding steroid dienone is 1. The van der Waals surface area contributed by atoms with Crippen LogP contribution in [0.1, 0.15) is 12.0 Å². The highest BCUT2D eigenvalue weighted by atomic mass is 15.0. The summed E-state index contributed by atoms with van der Waals surface area (Å²) in [4.78, 5) is 0. The van der Waals surface area contributed by atoms with Gasteiger partial charge in [0.25, 0.3) is 0 Å². The molecule has 1 aromatic heterocycles. The lowest BCUT2D eigenvalue weighted by Crippen LogP contribution is -1.93. The van der Waals surface area contributed by atoms with Gasteiger partial charge in [0.1, 0.15) is 17.7 Å². The van der Waals surface area contributed by atoms with Crippen molar-refractivity contribution in [3.63, 3.8) is 0 Å². The van der Waals surface area contributed by atoms with Crippen molar-refractivity contribution in [1.82, 2.24) is 4.57 Å². The van der Waals surface area contributed by atoms with Crippen LogP contribution in [0.15, 0.2) is 36.0 Å². The summed E-state index contributed by atoms with van der Waals surface area (Å²) in [5, 5.41) is 27.3. The second kappa shape index (κ2) is 5.54. The van der Waals surface area contributed by atoms with E-state index in [1.807, 2.05) is 47.2 Å². The molecule has 0 atom stereocenters. The van der Waals surface area contributed by atoms with Crippen molar-refractivity contribution < 1.29 is 0 Å². The fourth-order valence-corrected chi connectivity index (χ4v) is 1.99. The van der Waals surface area contributed by atoms with Gasteiger partial charge in [0.2, 0.25) is 0 Å². The molecule has 0 amide bonds. The molecule has 4 heteroatoms. The first-order valence-electron chi connectivity index (χ1n) is 5.77. The van der Waals surface area contributed by atoms with Crippen molar-refractivity contribution in [3.8, 4) is 18.2 Å². The summed E-state index contributed by atoms with van der Waals surface area (Å²) in [7, 11) is 0. The molecule has 90 valence electrons. The number of nitrogens with zero attached hydrogens (tertiary/aromatic N) is 4. The number of fused-ring (bicyclic) bond motifs is 1. The predicted molar refractivity (Wildman–Crippen MR) is 71.4 cm³/mol. The average Bonchev–Trinajstić information content (AvgIpc) is 2.81. The quantitative estimate of drug-likeness (QED) is 0.781. The van der Waals surface area contributed by atoms with Crippen LogP contribution in [0.5, 0.6) is 0 Å². The van der Waals surface area contributed by atoms with E-state index in [1.54, 1.807) is 6.08 Å². The number of aromatic nitrogens is 1. The zero-order valence-electron chi connectivity index (χ0n) is 10.2. The molecule has 1 aromatic carbocycles. The molecule has 2 aromatic rings. The number of hydrogen-bond donors (Lipinski definition) is 0. The number of rotatable bonds is 3. The lowest BCUT2D eigenvalue weighted by atomic mass is 10.1. The molecule has 0 bridgehead atoms. The lowest BCUT2D eigenvalue weighted by Gasteiger charge is -2.00. The third-order valence-corrected chi connectivity index (χ3v) is 2.82. The first-order chi connectivity index (χ1) is 9.30. The van der Waals surface area contributed by atoms with Gasteiger partial charge in [0.15, 0.2) is 0 Å². The van der Waals surface area contributed by atoms with E-state index in [0.29, 0.717) is 13.0 Å². The third kappa shape index (κ3) is 2.46. The maximum Gasteiger partial charge on any atom is 0.130 e. The van der Waals surface area contributed by atoms with Crippen molar-refractivity contribution in [1.29, 1.82) is 15.8 Å². The van der Waals surface area contributed by atoms with Gasteiger partial charge in [-0.1, -0.05) is 18.2 Å². The lowest BCUT2D eigenvalue weighted by molar-refractivity contribution is 0.744. The summed E-state index contributed by atoms with van der Waals surface area (Å²) >= 11 is 0. The van der Waals surface area contributed by atoms with Crippen molar-refractivity contribution in [3.05, 3.63) is 41.6 Å². The van der Waals surface area contributed by atoms with Gasteiger partial charge < -0.3 is 4.57 Å². The van der Waals surface area contributed by atoms with Crippen LogP contribution in [0.4, 0.5) is 0 Å². The molecule has 0 N–H and O–H groups in total. The highest BCUT2D eigenvalue weighted by Gasteiger charge is 2.07. The Morgan fingerprint density at radius 1 is 1.16 bits per heavy atom. The monoisotopic (exact) mass is 246 g/mol. The molecule has 0 saturated heterocycles. The molecule has 1 heterocycles. The van der Waals surface area contributed by atoms with Gasteiger partial charge in [-0.05, 0) is 12.1 Å². The Morgan fingerprint density at radius 2 is 1.89 bits per heavy atom. The van der Waals surface area contributed by atoms with Gasteiger partial charge in [0, 0.05) is 29.2 Å². The first kappa shape index (κ1) is 12.4. The fraction of sp³-hybridized carbons (Fsp3) is 0.133. The number of benzene rings is 1. The molecule has 0 saturated carbocycles. The summed E-state index contributed by atoms with van der Waals surface area (Å²) < 4.78 is 1.97. The van der Waals surface area contributed by atoms with Crippen molar-refractivity contribution in [2.75, 3.05) is 0 Å². The Balaban J connectivity index is 2.58. The standard InChI is InChI=1S/C15H10N4/c16-6-3-7-19-11-13(8-12(9-17)10-18)14-4-1-2-5-15(14)19/h1-2,4-5,8,11H,3,7H2. The van der Waals surface area contributed by atoms with E-state index in [4.69, 9.17) is 15.8 Å². The van der Waals surface area contributed by atoms with E-state index in [-0.39, 0.29) is 5.57 Å². The molecule has 4 nitrogen and oxygen atoms in total. The molecule has 0 aliphatic carbocycles. The zero-order chi connectivity index (χ0) is 13.7. The highest BCUT2D eigenvalue weighted by molar-refractivity contribution is 5.90. The molecule has 0 fully saturated rings. The average molecular weight is 246 g/mol. The van der Waals surface area contributed by atoms with Gasteiger partial charge in [-0.2, -0.15) is 15.8 Å². The molecule has 2 rings (SSSR count). The van der Waals surface area contributed by atoms with Crippen molar-refractivity contribution in [2.45, 2.75) is 13.0 Å². The molecule has 19 heavy (non-hydrogen) atoms. The predicted octanol–water partition coefficient (Wildman–Crippen LogP) is 2.99. The Kier molecular flexibility index (Phi) is 3.62. The normalized spacial score (nSPS) is 9.32. The summed E-state index contributed by atoms with van der Waals surface area (Å²) in [6.45, 7) is 0.597. The Bertz CT molecular complexity index is 744. The van der Waals surface area contributed by atoms with Crippen LogP contribution >= 0.6 is 0 Å². The molecule has 0 aliphatic rings. The molecule has 0 aliphatic heterocycles. The zero-order valence-corrected chi connectivity index (χ0v) is 10.2. The Hall–Kier alpha value is -3.03. The maximum atomic E-state index is 8.82. The Morgan fingerprint density at radius 3 is 2.58 bits per heavy atom. The summed E-state index contributed by atoms with van der Waals surface area (Å²) in [5.41, 5.74) is 1.90. The smallest absolute Gasteiger partial charge is 0.130 e. The highest BCUT2D eigenvalue weighted by Crippen LogP contribution is 2.23. The van der Waals surface area contributed by atoms with Crippen LogP contribution < -0.4 is 0 Å². The number of para-hydroxylation sites is 1. The van der Waals surface area contributed by atoms with E-state index < -0.39 is 0 Å². The summed E-state index contributed by atoms with van der Waals surface area (Å²) in [5.74, 6) is 0. The van der Waals surface area contributed by atoms with E-state index in [2.05, 4.69) is 6.07 Å². The molecule has 0 spiro atoms. The molecular formula is C15H10N4. The van der Waals surface area contributed by atoms with Gasteiger partial charge in [-0.25, -0.2) is 0 Å². The van der Waals surface area contributed by atoms with Crippen LogP contribution in [0, 0.1) is 34.0 Å². The van der Waals surface area contributed by atoms with Crippen LogP contribution in [-0.4, -0.2) is 4.57 Å².